The third-order valence-electron chi connectivity index (χ3n) is 4.73. The smallest absolute Gasteiger partial charge is 0.257 e. The molecule has 2 aromatic rings. The highest BCUT2D eigenvalue weighted by Crippen LogP contribution is 2.33. The molecule has 8 heteroatoms. The molecule has 1 atom stereocenters. The highest BCUT2D eigenvalue weighted by molar-refractivity contribution is 7.89. The fourth-order valence-corrected chi connectivity index (χ4v) is 5.02. The van der Waals surface area contributed by atoms with Gasteiger partial charge in [-0.1, -0.05) is 13.3 Å². The summed E-state index contributed by atoms with van der Waals surface area (Å²) in [7, 11) is -0.546. The molecule has 26 heavy (non-hydrogen) atoms. The van der Waals surface area contributed by atoms with Gasteiger partial charge in [0.25, 0.3) is 5.91 Å². The van der Waals surface area contributed by atoms with Gasteiger partial charge in [-0.25, -0.2) is 17.7 Å². The quantitative estimate of drug-likeness (QED) is 0.846. The molecular weight excluding hydrogens is 370 g/mol. The molecule has 6 nitrogen and oxygen atoms in total. The zero-order chi connectivity index (χ0) is 18.9. The van der Waals surface area contributed by atoms with Crippen molar-refractivity contribution in [2.24, 2.45) is 5.92 Å². The number of nitrogens with zero attached hydrogens (tertiary/aromatic N) is 2. The van der Waals surface area contributed by atoms with Gasteiger partial charge in [-0.05, 0) is 49.4 Å². The lowest BCUT2D eigenvalue weighted by Crippen LogP contribution is -2.22. The van der Waals surface area contributed by atoms with Gasteiger partial charge in [-0.15, -0.1) is 11.3 Å². The third kappa shape index (κ3) is 3.82. The Balaban J connectivity index is 1.72. The van der Waals surface area contributed by atoms with Crippen LogP contribution in [0.5, 0.6) is 0 Å². The van der Waals surface area contributed by atoms with Crippen LogP contribution in [-0.2, 0) is 22.9 Å². The summed E-state index contributed by atoms with van der Waals surface area (Å²) < 4.78 is 25.3. The van der Waals surface area contributed by atoms with E-state index in [9.17, 15) is 13.2 Å². The van der Waals surface area contributed by atoms with Crippen LogP contribution in [0, 0.1) is 5.92 Å². The average Bonchev–Trinajstić information content (AvgIpc) is 3.02. The summed E-state index contributed by atoms with van der Waals surface area (Å²) in [6.07, 6.45) is 4.33. The summed E-state index contributed by atoms with van der Waals surface area (Å²) in [5.41, 5.74) is 1.50. The van der Waals surface area contributed by atoms with Crippen LogP contribution in [0.3, 0.4) is 0 Å². The summed E-state index contributed by atoms with van der Waals surface area (Å²) in [6, 6.07) is 5.94. The number of aryl methyl sites for hydroxylation is 1. The van der Waals surface area contributed by atoms with E-state index in [1.807, 2.05) is 0 Å². The number of nitrogens with one attached hydrogen (secondary N) is 1. The Bertz CT molecular complexity index is 902. The fourth-order valence-electron chi connectivity index (χ4n) is 3.00. The van der Waals surface area contributed by atoms with Crippen LogP contribution < -0.4 is 5.32 Å². The Kier molecular flexibility index (Phi) is 5.45. The zero-order valence-electron chi connectivity index (χ0n) is 15.2. The Labute approximate surface area is 158 Å². The number of carbonyl (C=O) groups is 1. The maximum atomic E-state index is 12.4. The van der Waals surface area contributed by atoms with Crippen LogP contribution in [0.1, 0.15) is 40.7 Å². The Morgan fingerprint density at radius 2 is 2.00 bits per heavy atom. The van der Waals surface area contributed by atoms with Gasteiger partial charge >= 0.3 is 0 Å². The number of rotatable bonds is 5. The Morgan fingerprint density at radius 1 is 1.31 bits per heavy atom. The van der Waals surface area contributed by atoms with Gasteiger partial charge in [0.2, 0.25) is 10.0 Å². The predicted molar refractivity (Wildman–Crippen MR) is 103 cm³/mol. The molecule has 1 amide bonds. The number of amides is 1. The van der Waals surface area contributed by atoms with E-state index in [0.29, 0.717) is 16.6 Å². The molecule has 0 fully saturated rings. The van der Waals surface area contributed by atoms with E-state index in [0.717, 1.165) is 29.3 Å². The molecule has 0 saturated carbocycles. The number of aromatic nitrogens is 1. The number of fused-ring (bicyclic) bond motifs is 1. The van der Waals surface area contributed by atoms with E-state index in [-0.39, 0.29) is 10.8 Å². The minimum atomic E-state index is -3.50. The highest BCUT2D eigenvalue weighted by Gasteiger charge is 2.22. The third-order valence-corrected chi connectivity index (χ3v) is 7.60. The van der Waals surface area contributed by atoms with Crippen LogP contribution >= 0.6 is 11.3 Å². The topological polar surface area (TPSA) is 79.4 Å². The van der Waals surface area contributed by atoms with E-state index in [4.69, 9.17) is 0 Å². The van der Waals surface area contributed by atoms with E-state index in [2.05, 4.69) is 17.2 Å². The SMILES string of the molecule is CCC1CCc2nc(NC(=O)c3ccc(S(=O)(=O)N(C)C)cc3)sc2C1. The van der Waals surface area contributed by atoms with Gasteiger partial charge in [-0.2, -0.15) is 0 Å². The molecule has 0 spiro atoms. The van der Waals surface area contributed by atoms with Gasteiger partial charge in [0.05, 0.1) is 10.6 Å². The summed E-state index contributed by atoms with van der Waals surface area (Å²) >= 11 is 1.54. The summed E-state index contributed by atoms with van der Waals surface area (Å²) in [4.78, 5) is 18.4. The molecule has 0 saturated heterocycles. The Morgan fingerprint density at radius 3 is 2.62 bits per heavy atom. The van der Waals surface area contributed by atoms with Gasteiger partial charge in [0.15, 0.2) is 5.13 Å². The molecule has 3 rings (SSSR count). The van der Waals surface area contributed by atoms with Gasteiger partial charge in [-0.3, -0.25) is 10.1 Å². The normalized spacial score (nSPS) is 17.2. The van der Waals surface area contributed by atoms with E-state index < -0.39 is 10.0 Å². The minimum Gasteiger partial charge on any atom is -0.298 e. The number of thiazole rings is 1. The van der Waals surface area contributed by atoms with Crippen molar-refractivity contribution < 1.29 is 13.2 Å². The first-order valence-electron chi connectivity index (χ1n) is 8.63. The molecule has 1 aliphatic carbocycles. The molecule has 1 unspecified atom stereocenters. The molecule has 0 aliphatic heterocycles. The number of anilines is 1. The molecular formula is C18H23N3O3S2. The van der Waals surface area contributed by atoms with E-state index in [1.54, 1.807) is 11.3 Å². The van der Waals surface area contributed by atoms with Crippen molar-refractivity contribution in [3.63, 3.8) is 0 Å². The number of hydrogen-bond donors (Lipinski definition) is 1. The lowest BCUT2D eigenvalue weighted by Gasteiger charge is -2.18. The molecule has 1 aromatic heterocycles. The zero-order valence-corrected chi connectivity index (χ0v) is 16.8. The van der Waals surface area contributed by atoms with Crippen LogP contribution in [0.15, 0.2) is 29.2 Å². The van der Waals surface area contributed by atoms with Gasteiger partial charge in [0, 0.05) is 24.5 Å². The predicted octanol–water partition coefficient (Wildman–Crippen LogP) is 3.16. The van der Waals surface area contributed by atoms with Crippen LogP contribution in [0.25, 0.3) is 0 Å². The largest absolute Gasteiger partial charge is 0.298 e. The average molecular weight is 394 g/mol. The maximum absolute atomic E-state index is 12.4. The highest BCUT2D eigenvalue weighted by atomic mass is 32.2. The minimum absolute atomic E-state index is 0.161. The standard InChI is InChI=1S/C18H23N3O3S2/c1-4-12-5-10-15-16(11-12)25-18(19-15)20-17(22)13-6-8-14(9-7-13)26(23,24)21(2)3/h6-9,12H,4-5,10-11H2,1-3H3,(H,19,20,22). The molecule has 0 radical (unpaired) electrons. The van der Waals surface area contributed by atoms with Crippen molar-refractivity contribution in [1.82, 2.24) is 9.29 Å². The molecule has 1 N–H and O–H groups in total. The molecule has 1 heterocycles. The second-order valence-electron chi connectivity index (χ2n) is 6.67. The monoisotopic (exact) mass is 393 g/mol. The van der Waals surface area contributed by atoms with Crippen molar-refractivity contribution >= 4 is 32.4 Å². The van der Waals surface area contributed by atoms with Crippen molar-refractivity contribution in [2.75, 3.05) is 19.4 Å². The first-order valence-corrected chi connectivity index (χ1v) is 10.9. The van der Waals surface area contributed by atoms with Crippen molar-refractivity contribution in [3.05, 3.63) is 40.4 Å². The molecule has 140 valence electrons. The second kappa shape index (κ2) is 7.46. The summed E-state index contributed by atoms with van der Waals surface area (Å²) in [5, 5.41) is 3.45. The summed E-state index contributed by atoms with van der Waals surface area (Å²) in [5.74, 6) is 0.426. The first-order chi connectivity index (χ1) is 12.3. The number of carbonyl (C=O) groups excluding carboxylic acids is 1. The fraction of sp³-hybridized carbons (Fsp3) is 0.444. The Hall–Kier alpha value is -1.77. The number of benzene rings is 1. The molecule has 1 aliphatic rings. The first kappa shape index (κ1) is 19.0. The van der Waals surface area contributed by atoms with Crippen molar-refractivity contribution in [3.8, 4) is 0 Å². The van der Waals surface area contributed by atoms with E-state index >= 15 is 0 Å². The van der Waals surface area contributed by atoms with Crippen molar-refractivity contribution in [2.45, 2.75) is 37.5 Å². The molecule has 1 aromatic carbocycles. The summed E-state index contributed by atoms with van der Waals surface area (Å²) in [6.45, 7) is 2.21. The van der Waals surface area contributed by atoms with Crippen molar-refractivity contribution in [1.29, 1.82) is 0 Å². The number of sulfonamides is 1. The van der Waals surface area contributed by atoms with E-state index in [1.165, 1.54) is 49.7 Å². The second-order valence-corrected chi connectivity index (χ2v) is 9.91. The lowest BCUT2D eigenvalue weighted by atomic mass is 9.89. The number of hydrogen-bond acceptors (Lipinski definition) is 5. The maximum Gasteiger partial charge on any atom is 0.257 e. The van der Waals surface area contributed by atoms with Crippen LogP contribution in [-0.4, -0.2) is 37.7 Å². The van der Waals surface area contributed by atoms with Crippen LogP contribution in [0.4, 0.5) is 5.13 Å². The lowest BCUT2D eigenvalue weighted by molar-refractivity contribution is 0.102. The van der Waals surface area contributed by atoms with Gasteiger partial charge in [0.1, 0.15) is 0 Å². The van der Waals surface area contributed by atoms with Gasteiger partial charge < -0.3 is 0 Å². The molecule has 0 bridgehead atoms. The van der Waals surface area contributed by atoms with Crippen LogP contribution in [0.2, 0.25) is 0 Å².